The monoisotopic (exact) mass is 253 g/mol. The number of esters is 1. The number of methoxy groups -OCH3 is 2. The number of phenols is 1. The number of hydrogen-bond acceptors (Lipinski definition) is 5. The van der Waals surface area contributed by atoms with Crippen LogP contribution in [0.1, 0.15) is 17.3 Å². The SMILES string of the molecule is COC(=O)C(C)NC(=O)c1ccc(OC)c(O)c1. The number of carbonyl (C=O) groups is 2. The molecule has 0 fully saturated rings. The molecule has 1 rings (SSSR count). The van der Waals surface area contributed by atoms with Gasteiger partial charge in [-0.2, -0.15) is 0 Å². The van der Waals surface area contributed by atoms with Crippen molar-refractivity contribution in [2.24, 2.45) is 0 Å². The number of phenolic OH excluding ortho intramolecular Hbond substituents is 1. The summed E-state index contributed by atoms with van der Waals surface area (Å²) in [6.45, 7) is 1.51. The summed E-state index contributed by atoms with van der Waals surface area (Å²) in [5.74, 6) is -0.893. The zero-order valence-corrected chi connectivity index (χ0v) is 10.4. The lowest BCUT2D eigenvalue weighted by atomic mass is 10.1. The molecule has 0 spiro atoms. The van der Waals surface area contributed by atoms with Crippen LogP contribution in [0, 0.1) is 0 Å². The summed E-state index contributed by atoms with van der Waals surface area (Å²) >= 11 is 0. The van der Waals surface area contributed by atoms with Crippen LogP contribution in [-0.2, 0) is 9.53 Å². The maximum absolute atomic E-state index is 11.8. The molecule has 6 nitrogen and oxygen atoms in total. The second-order valence-electron chi connectivity index (χ2n) is 3.60. The third-order valence-corrected chi connectivity index (χ3v) is 2.34. The van der Waals surface area contributed by atoms with E-state index in [9.17, 15) is 14.7 Å². The van der Waals surface area contributed by atoms with Crippen molar-refractivity contribution < 1.29 is 24.2 Å². The molecular weight excluding hydrogens is 238 g/mol. The lowest BCUT2D eigenvalue weighted by Crippen LogP contribution is -2.39. The minimum absolute atomic E-state index is 0.143. The molecule has 0 saturated heterocycles. The van der Waals surface area contributed by atoms with Crippen molar-refractivity contribution in [1.29, 1.82) is 0 Å². The molecule has 0 aromatic heterocycles. The molecular formula is C12H15NO5. The van der Waals surface area contributed by atoms with Gasteiger partial charge in [0, 0.05) is 5.56 Å². The molecule has 1 amide bonds. The van der Waals surface area contributed by atoms with E-state index in [4.69, 9.17) is 4.74 Å². The van der Waals surface area contributed by atoms with E-state index >= 15 is 0 Å². The van der Waals surface area contributed by atoms with Crippen molar-refractivity contribution in [3.8, 4) is 11.5 Å². The van der Waals surface area contributed by atoms with Crippen LogP contribution < -0.4 is 10.1 Å². The molecule has 0 saturated carbocycles. The summed E-state index contributed by atoms with van der Waals surface area (Å²) in [6, 6.07) is 3.45. The van der Waals surface area contributed by atoms with Crippen molar-refractivity contribution in [1.82, 2.24) is 5.32 Å². The summed E-state index contributed by atoms with van der Waals surface area (Å²) in [6.07, 6.45) is 0. The Morgan fingerprint density at radius 1 is 1.33 bits per heavy atom. The van der Waals surface area contributed by atoms with E-state index in [1.807, 2.05) is 0 Å². The van der Waals surface area contributed by atoms with Gasteiger partial charge < -0.3 is 19.9 Å². The highest BCUT2D eigenvalue weighted by Gasteiger charge is 2.17. The summed E-state index contributed by atoms with van der Waals surface area (Å²) in [7, 11) is 2.65. The lowest BCUT2D eigenvalue weighted by molar-refractivity contribution is -0.142. The molecule has 1 aromatic carbocycles. The molecule has 6 heteroatoms. The van der Waals surface area contributed by atoms with Crippen LogP contribution in [0.25, 0.3) is 0 Å². The minimum Gasteiger partial charge on any atom is -0.504 e. The van der Waals surface area contributed by atoms with Gasteiger partial charge in [-0.25, -0.2) is 4.79 Å². The third kappa shape index (κ3) is 3.13. The molecule has 0 bridgehead atoms. The van der Waals surface area contributed by atoms with Crippen LogP contribution in [0.4, 0.5) is 0 Å². The number of rotatable bonds is 4. The fourth-order valence-corrected chi connectivity index (χ4v) is 1.35. The Bertz CT molecular complexity index is 458. The Labute approximate surface area is 105 Å². The van der Waals surface area contributed by atoms with E-state index < -0.39 is 17.9 Å². The van der Waals surface area contributed by atoms with Gasteiger partial charge in [-0.05, 0) is 25.1 Å². The molecule has 1 unspecified atom stereocenters. The number of aromatic hydroxyl groups is 1. The summed E-state index contributed by atoms with van der Waals surface area (Å²) in [4.78, 5) is 22.9. The molecule has 0 heterocycles. The van der Waals surface area contributed by atoms with Crippen LogP contribution >= 0.6 is 0 Å². The molecule has 18 heavy (non-hydrogen) atoms. The van der Waals surface area contributed by atoms with Crippen molar-refractivity contribution in [2.75, 3.05) is 14.2 Å². The van der Waals surface area contributed by atoms with Gasteiger partial charge in [0.05, 0.1) is 14.2 Å². The molecule has 0 aliphatic carbocycles. The van der Waals surface area contributed by atoms with Crippen LogP contribution in [-0.4, -0.2) is 37.2 Å². The highest BCUT2D eigenvalue weighted by atomic mass is 16.5. The van der Waals surface area contributed by atoms with Crippen molar-refractivity contribution >= 4 is 11.9 Å². The average Bonchev–Trinajstić information content (AvgIpc) is 2.37. The first-order valence-corrected chi connectivity index (χ1v) is 5.25. The van der Waals surface area contributed by atoms with Crippen LogP contribution in [0.2, 0.25) is 0 Å². The summed E-state index contributed by atoms with van der Waals surface area (Å²) in [5.41, 5.74) is 0.226. The Morgan fingerprint density at radius 3 is 2.50 bits per heavy atom. The number of hydrogen-bond donors (Lipinski definition) is 2. The zero-order chi connectivity index (χ0) is 13.7. The van der Waals surface area contributed by atoms with Gasteiger partial charge in [0.1, 0.15) is 6.04 Å². The van der Waals surface area contributed by atoms with E-state index in [0.717, 1.165) is 0 Å². The van der Waals surface area contributed by atoms with Gasteiger partial charge in [0.25, 0.3) is 5.91 Å². The van der Waals surface area contributed by atoms with E-state index in [1.54, 1.807) is 0 Å². The third-order valence-electron chi connectivity index (χ3n) is 2.34. The predicted molar refractivity (Wildman–Crippen MR) is 63.6 cm³/mol. The predicted octanol–water partition coefficient (Wildman–Crippen LogP) is 0.692. The van der Waals surface area contributed by atoms with Gasteiger partial charge in [-0.3, -0.25) is 4.79 Å². The second kappa shape index (κ2) is 5.90. The number of amides is 1. The minimum atomic E-state index is -0.758. The fraction of sp³-hybridized carbons (Fsp3) is 0.333. The van der Waals surface area contributed by atoms with E-state index in [2.05, 4.69) is 10.1 Å². The van der Waals surface area contributed by atoms with Gasteiger partial charge in [-0.15, -0.1) is 0 Å². The maximum Gasteiger partial charge on any atom is 0.328 e. The molecule has 1 aromatic rings. The Hall–Kier alpha value is -2.24. The topological polar surface area (TPSA) is 84.9 Å². The Balaban J connectivity index is 2.79. The molecule has 0 radical (unpaired) electrons. The quantitative estimate of drug-likeness (QED) is 0.771. The van der Waals surface area contributed by atoms with Crippen LogP contribution in [0.5, 0.6) is 11.5 Å². The number of ether oxygens (including phenoxy) is 2. The van der Waals surface area contributed by atoms with E-state index in [-0.39, 0.29) is 17.1 Å². The first-order valence-electron chi connectivity index (χ1n) is 5.25. The first kappa shape index (κ1) is 13.8. The molecule has 2 N–H and O–H groups in total. The van der Waals surface area contributed by atoms with Crippen molar-refractivity contribution in [3.05, 3.63) is 23.8 Å². The second-order valence-corrected chi connectivity index (χ2v) is 3.60. The fourth-order valence-electron chi connectivity index (χ4n) is 1.35. The van der Waals surface area contributed by atoms with E-state index in [1.165, 1.54) is 39.3 Å². The van der Waals surface area contributed by atoms with E-state index in [0.29, 0.717) is 0 Å². The van der Waals surface area contributed by atoms with Gasteiger partial charge in [-0.1, -0.05) is 0 Å². The van der Waals surface area contributed by atoms with Crippen LogP contribution in [0.15, 0.2) is 18.2 Å². The summed E-state index contributed by atoms with van der Waals surface area (Å²) in [5, 5.41) is 12.0. The maximum atomic E-state index is 11.8. The van der Waals surface area contributed by atoms with Crippen LogP contribution in [0.3, 0.4) is 0 Å². The van der Waals surface area contributed by atoms with Gasteiger partial charge in [0.15, 0.2) is 11.5 Å². The highest BCUT2D eigenvalue weighted by molar-refractivity contribution is 5.97. The number of carbonyl (C=O) groups excluding carboxylic acids is 2. The average molecular weight is 253 g/mol. The Kier molecular flexibility index (Phi) is 4.53. The smallest absolute Gasteiger partial charge is 0.328 e. The number of benzene rings is 1. The van der Waals surface area contributed by atoms with Crippen molar-refractivity contribution in [2.45, 2.75) is 13.0 Å². The lowest BCUT2D eigenvalue weighted by Gasteiger charge is -2.12. The zero-order valence-electron chi connectivity index (χ0n) is 10.4. The summed E-state index contributed by atoms with van der Waals surface area (Å²) < 4.78 is 9.35. The standard InChI is InChI=1S/C12H15NO5/c1-7(12(16)18-3)13-11(15)8-4-5-10(17-2)9(14)6-8/h4-7,14H,1-3H3,(H,13,15). The first-order chi connectivity index (χ1) is 8.49. The normalized spacial score (nSPS) is 11.5. The number of nitrogens with one attached hydrogen (secondary N) is 1. The molecule has 0 aliphatic rings. The molecule has 1 atom stereocenters. The van der Waals surface area contributed by atoms with Gasteiger partial charge in [0.2, 0.25) is 0 Å². The van der Waals surface area contributed by atoms with Crippen molar-refractivity contribution in [3.63, 3.8) is 0 Å². The Morgan fingerprint density at radius 2 is 2.00 bits per heavy atom. The molecule has 0 aliphatic heterocycles. The largest absolute Gasteiger partial charge is 0.504 e. The highest BCUT2D eigenvalue weighted by Crippen LogP contribution is 2.26. The van der Waals surface area contributed by atoms with Gasteiger partial charge >= 0.3 is 5.97 Å². The molecule has 98 valence electrons.